The summed E-state index contributed by atoms with van der Waals surface area (Å²) in [6.07, 6.45) is 1.63. The lowest BCUT2D eigenvalue weighted by Gasteiger charge is -2.13. The molecule has 0 spiro atoms. The number of hydrogen-bond acceptors (Lipinski definition) is 5. The quantitative estimate of drug-likeness (QED) is 0.649. The van der Waals surface area contributed by atoms with E-state index in [0.29, 0.717) is 23.3 Å². The molecular weight excluding hydrogens is 371 g/mol. The van der Waals surface area contributed by atoms with Crippen molar-refractivity contribution < 1.29 is 18.0 Å². The van der Waals surface area contributed by atoms with Gasteiger partial charge in [-0.15, -0.1) is 5.10 Å². The summed E-state index contributed by atoms with van der Waals surface area (Å²) in [6.45, 7) is 0. The van der Waals surface area contributed by atoms with Gasteiger partial charge in [0.15, 0.2) is 23.3 Å². The van der Waals surface area contributed by atoms with Crippen LogP contribution in [-0.4, -0.2) is 30.2 Å². The van der Waals surface area contributed by atoms with E-state index >= 15 is 0 Å². The Morgan fingerprint density at radius 3 is 2.32 bits per heavy atom. The minimum Gasteiger partial charge on any atom is -0.376 e. The van der Waals surface area contributed by atoms with Crippen molar-refractivity contribution in [2.45, 2.75) is 0 Å². The minimum absolute atomic E-state index is 0.354. The van der Waals surface area contributed by atoms with Crippen molar-refractivity contribution in [2.24, 2.45) is 0 Å². The lowest BCUT2D eigenvalue weighted by Crippen LogP contribution is -2.15. The fraction of sp³-hybridized carbons (Fsp3) is 0.105. The van der Waals surface area contributed by atoms with E-state index in [9.17, 15) is 18.0 Å². The van der Waals surface area contributed by atoms with Gasteiger partial charge in [0.05, 0.1) is 17.4 Å². The molecule has 28 heavy (non-hydrogen) atoms. The molecule has 144 valence electrons. The number of rotatable bonds is 5. The number of amides is 1. The van der Waals surface area contributed by atoms with Crippen molar-refractivity contribution in [1.29, 1.82) is 0 Å². The molecular formula is C19H16F3N5O. The second-order valence-corrected chi connectivity index (χ2v) is 6.07. The van der Waals surface area contributed by atoms with Crippen LogP contribution in [0.15, 0.2) is 48.7 Å². The predicted molar refractivity (Wildman–Crippen MR) is 100 cm³/mol. The highest BCUT2D eigenvalue weighted by Crippen LogP contribution is 2.21. The summed E-state index contributed by atoms with van der Waals surface area (Å²) in [6, 6.07) is 9.87. The Morgan fingerprint density at radius 2 is 1.64 bits per heavy atom. The average Bonchev–Trinajstić information content (AvgIpc) is 2.68. The summed E-state index contributed by atoms with van der Waals surface area (Å²) in [4.78, 5) is 14.0. The zero-order valence-electron chi connectivity index (χ0n) is 15.0. The Morgan fingerprint density at radius 1 is 0.964 bits per heavy atom. The molecule has 6 nitrogen and oxygen atoms in total. The first-order chi connectivity index (χ1) is 13.3. The first kappa shape index (κ1) is 19.2. The number of anilines is 4. The zero-order valence-corrected chi connectivity index (χ0v) is 15.0. The molecule has 0 aliphatic heterocycles. The number of carbonyl (C=O) groups is 1. The molecule has 1 amide bonds. The standard InChI is InChI=1S/C19H16F3N5O/c1-27(2)13-9-16(26-23-10-13)24-11-3-5-12(6-4-11)25-19(28)14-7-8-15(20)18(22)17(14)21/h3-10H,1-2H3,(H,24,26)(H,25,28). The molecule has 0 aliphatic rings. The van der Waals surface area contributed by atoms with E-state index in [1.54, 1.807) is 30.5 Å². The molecule has 0 fully saturated rings. The first-order valence-corrected chi connectivity index (χ1v) is 8.17. The van der Waals surface area contributed by atoms with Crippen LogP contribution in [0.25, 0.3) is 0 Å². The molecule has 1 heterocycles. The van der Waals surface area contributed by atoms with Crippen LogP contribution in [0.2, 0.25) is 0 Å². The first-order valence-electron chi connectivity index (χ1n) is 8.17. The van der Waals surface area contributed by atoms with E-state index in [4.69, 9.17) is 0 Å². The maximum atomic E-state index is 13.7. The third-order valence-corrected chi connectivity index (χ3v) is 3.85. The molecule has 3 aromatic rings. The number of carbonyl (C=O) groups excluding carboxylic acids is 1. The van der Waals surface area contributed by atoms with Crippen molar-refractivity contribution in [2.75, 3.05) is 29.6 Å². The van der Waals surface area contributed by atoms with Crippen molar-refractivity contribution in [3.8, 4) is 0 Å². The van der Waals surface area contributed by atoms with Crippen molar-refractivity contribution in [3.63, 3.8) is 0 Å². The molecule has 9 heteroatoms. The van der Waals surface area contributed by atoms with Gasteiger partial charge in [0.2, 0.25) is 0 Å². The summed E-state index contributed by atoms with van der Waals surface area (Å²) >= 11 is 0. The Bertz CT molecular complexity index is 1010. The Hall–Kier alpha value is -3.62. The van der Waals surface area contributed by atoms with Crippen LogP contribution in [0.1, 0.15) is 10.4 Å². The second kappa shape index (κ2) is 7.95. The van der Waals surface area contributed by atoms with Gasteiger partial charge in [0.1, 0.15) is 0 Å². The summed E-state index contributed by atoms with van der Waals surface area (Å²) in [7, 11) is 3.77. The van der Waals surface area contributed by atoms with Gasteiger partial charge in [-0.25, -0.2) is 13.2 Å². The highest BCUT2D eigenvalue weighted by atomic mass is 19.2. The summed E-state index contributed by atoms with van der Waals surface area (Å²) in [5.41, 5.74) is 1.32. The normalized spacial score (nSPS) is 10.5. The number of nitrogens with zero attached hydrogens (tertiary/aromatic N) is 3. The van der Waals surface area contributed by atoms with Gasteiger partial charge < -0.3 is 15.5 Å². The molecule has 0 atom stereocenters. The van der Waals surface area contributed by atoms with Crippen LogP contribution < -0.4 is 15.5 Å². The smallest absolute Gasteiger partial charge is 0.258 e. The molecule has 0 saturated heterocycles. The van der Waals surface area contributed by atoms with Gasteiger partial charge in [-0.3, -0.25) is 4.79 Å². The Balaban J connectivity index is 1.70. The molecule has 0 bridgehead atoms. The third-order valence-electron chi connectivity index (χ3n) is 3.85. The van der Waals surface area contributed by atoms with E-state index in [1.807, 2.05) is 25.1 Å². The monoisotopic (exact) mass is 387 g/mol. The molecule has 2 N–H and O–H groups in total. The number of aromatic nitrogens is 2. The highest BCUT2D eigenvalue weighted by Gasteiger charge is 2.18. The van der Waals surface area contributed by atoms with Crippen molar-refractivity contribution in [1.82, 2.24) is 10.2 Å². The van der Waals surface area contributed by atoms with Gasteiger partial charge in [-0.2, -0.15) is 5.10 Å². The van der Waals surface area contributed by atoms with Crippen LogP contribution in [0, 0.1) is 17.5 Å². The molecule has 0 aliphatic carbocycles. The van der Waals surface area contributed by atoms with Crippen LogP contribution >= 0.6 is 0 Å². The van der Waals surface area contributed by atoms with Gasteiger partial charge in [0, 0.05) is 31.5 Å². The van der Waals surface area contributed by atoms with E-state index < -0.39 is 28.9 Å². The molecule has 3 rings (SSSR count). The molecule has 0 radical (unpaired) electrons. The van der Waals surface area contributed by atoms with Gasteiger partial charge in [-0.05, 0) is 36.4 Å². The summed E-state index contributed by atoms with van der Waals surface area (Å²) < 4.78 is 40.0. The molecule has 2 aromatic carbocycles. The zero-order chi connectivity index (χ0) is 20.3. The van der Waals surface area contributed by atoms with Gasteiger partial charge in [0.25, 0.3) is 5.91 Å². The predicted octanol–water partition coefficient (Wildman–Crippen LogP) is 3.96. The van der Waals surface area contributed by atoms with Crippen molar-refractivity contribution in [3.05, 3.63) is 71.7 Å². The largest absolute Gasteiger partial charge is 0.376 e. The van der Waals surface area contributed by atoms with Crippen LogP contribution in [-0.2, 0) is 0 Å². The topological polar surface area (TPSA) is 70.2 Å². The van der Waals surface area contributed by atoms with E-state index in [1.165, 1.54) is 0 Å². The Kier molecular flexibility index (Phi) is 5.44. The maximum absolute atomic E-state index is 13.7. The molecule has 1 aromatic heterocycles. The number of halogens is 3. The van der Waals surface area contributed by atoms with E-state index in [0.717, 1.165) is 11.8 Å². The van der Waals surface area contributed by atoms with Crippen LogP contribution in [0.3, 0.4) is 0 Å². The fourth-order valence-electron chi connectivity index (χ4n) is 2.35. The maximum Gasteiger partial charge on any atom is 0.258 e. The lowest BCUT2D eigenvalue weighted by molar-refractivity contribution is 0.102. The van der Waals surface area contributed by atoms with Crippen LogP contribution in [0.4, 0.5) is 36.1 Å². The van der Waals surface area contributed by atoms with Gasteiger partial charge in [-0.1, -0.05) is 0 Å². The number of nitrogens with one attached hydrogen (secondary N) is 2. The number of benzene rings is 2. The molecule has 0 saturated carbocycles. The van der Waals surface area contributed by atoms with Crippen LogP contribution in [0.5, 0.6) is 0 Å². The average molecular weight is 387 g/mol. The summed E-state index contributed by atoms with van der Waals surface area (Å²) in [5, 5.41) is 13.4. The third kappa shape index (κ3) is 4.20. The van der Waals surface area contributed by atoms with E-state index in [2.05, 4.69) is 20.8 Å². The number of hydrogen-bond donors (Lipinski definition) is 2. The van der Waals surface area contributed by atoms with Gasteiger partial charge >= 0.3 is 0 Å². The minimum atomic E-state index is -1.69. The second-order valence-electron chi connectivity index (χ2n) is 6.07. The molecule has 0 unspecified atom stereocenters. The highest BCUT2D eigenvalue weighted by molar-refractivity contribution is 6.04. The lowest BCUT2D eigenvalue weighted by atomic mass is 10.1. The summed E-state index contributed by atoms with van der Waals surface area (Å²) in [5.74, 6) is -4.93. The van der Waals surface area contributed by atoms with Crippen molar-refractivity contribution >= 4 is 28.8 Å². The van der Waals surface area contributed by atoms with E-state index in [-0.39, 0.29) is 0 Å². The Labute approximate surface area is 159 Å². The SMILES string of the molecule is CN(C)c1cnnc(Nc2ccc(NC(=O)c3ccc(F)c(F)c3F)cc2)c1. The fourth-order valence-corrected chi connectivity index (χ4v) is 2.35.